The van der Waals surface area contributed by atoms with E-state index in [-0.39, 0.29) is 18.6 Å². The molecule has 0 saturated carbocycles. The summed E-state index contributed by atoms with van der Waals surface area (Å²) in [6.45, 7) is 1.55. The summed E-state index contributed by atoms with van der Waals surface area (Å²) in [4.78, 5) is 36.8. The van der Waals surface area contributed by atoms with Crippen LogP contribution in [0.4, 0.5) is 5.69 Å². The topological polar surface area (TPSA) is 72.5 Å². The van der Waals surface area contributed by atoms with Gasteiger partial charge >= 0.3 is 5.97 Å². The van der Waals surface area contributed by atoms with Gasteiger partial charge < -0.3 is 10.1 Å². The van der Waals surface area contributed by atoms with Gasteiger partial charge in [0.2, 0.25) is 0 Å². The molecular weight excluding hydrogens is 430 g/mol. The first kappa shape index (κ1) is 21.2. The van der Waals surface area contributed by atoms with Crippen LogP contribution >= 0.6 is 27.7 Å². The van der Waals surface area contributed by atoms with Crippen molar-refractivity contribution < 1.29 is 19.1 Å². The number of nitrogens with one attached hydrogen (secondary N) is 1. The predicted molar refractivity (Wildman–Crippen MR) is 110 cm³/mol. The van der Waals surface area contributed by atoms with E-state index in [0.717, 1.165) is 14.9 Å². The third-order valence-corrected chi connectivity index (χ3v) is 5.13. The summed E-state index contributed by atoms with van der Waals surface area (Å²) in [6, 6.07) is 12.7. The molecule has 0 atom stereocenters. The Morgan fingerprint density at radius 3 is 2.41 bits per heavy atom. The molecule has 0 unspecified atom stereocenters. The molecule has 0 bridgehead atoms. The zero-order valence-electron chi connectivity index (χ0n) is 15.1. The Kier molecular flexibility index (Phi) is 8.06. The maximum atomic E-state index is 12.1. The van der Waals surface area contributed by atoms with Crippen LogP contribution in [0.25, 0.3) is 0 Å². The summed E-state index contributed by atoms with van der Waals surface area (Å²) in [5.74, 6) is -1.15. The second-order valence-corrected chi connectivity index (χ2v) is 7.58. The van der Waals surface area contributed by atoms with Gasteiger partial charge in [-0.15, -0.1) is 11.8 Å². The maximum absolute atomic E-state index is 12.1. The smallest absolute Gasteiger partial charge is 0.306 e. The van der Waals surface area contributed by atoms with Crippen molar-refractivity contribution in [3.8, 4) is 0 Å². The molecule has 1 N–H and O–H groups in total. The highest BCUT2D eigenvalue weighted by molar-refractivity contribution is 9.10. The number of anilines is 1. The number of carbonyl (C=O) groups is 3. The van der Waals surface area contributed by atoms with Crippen LogP contribution in [0.1, 0.15) is 28.8 Å². The summed E-state index contributed by atoms with van der Waals surface area (Å²) in [6.07, 6.45) is 1.94. The van der Waals surface area contributed by atoms with Gasteiger partial charge in [0.25, 0.3) is 5.91 Å². The zero-order valence-corrected chi connectivity index (χ0v) is 17.5. The summed E-state index contributed by atoms with van der Waals surface area (Å²) < 4.78 is 5.69. The van der Waals surface area contributed by atoms with Gasteiger partial charge in [-0.3, -0.25) is 14.4 Å². The lowest BCUT2D eigenvalue weighted by atomic mass is 10.1. The van der Waals surface area contributed by atoms with Gasteiger partial charge in [0.15, 0.2) is 12.4 Å². The van der Waals surface area contributed by atoms with Gasteiger partial charge in [-0.05, 0) is 58.9 Å². The molecule has 2 rings (SSSR count). The fourth-order valence-corrected chi connectivity index (χ4v) is 3.26. The van der Waals surface area contributed by atoms with Crippen LogP contribution in [0, 0.1) is 6.92 Å². The van der Waals surface area contributed by atoms with Crippen LogP contribution in [0.5, 0.6) is 0 Å². The number of hydrogen-bond acceptors (Lipinski definition) is 5. The van der Waals surface area contributed by atoms with E-state index >= 15 is 0 Å². The lowest BCUT2D eigenvalue weighted by molar-refractivity contribution is -0.147. The maximum Gasteiger partial charge on any atom is 0.306 e. The van der Waals surface area contributed by atoms with E-state index in [1.807, 2.05) is 37.4 Å². The van der Waals surface area contributed by atoms with E-state index in [0.29, 0.717) is 11.3 Å². The molecule has 2 aromatic carbocycles. The van der Waals surface area contributed by atoms with Crippen LogP contribution in [-0.2, 0) is 14.3 Å². The molecule has 5 nitrogen and oxygen atoms in total. The lowest BCUT2D eigenvalue weighted by Gasteiger charge is -2.09. The number of halogens is 1. The third kappa shape index (κ3) is 6.84. The van der Waals surface area contributed by atoms with Crippen molar-refractivity contribution in [1.29, 1.82) is 0 Å². The van der Waals surface area contributed by atoms with Crippen molar-refractivity contribution in [3.05, 3.63) is 58.1 Å². The first-order valence-electron chi connectivity index (χ1n) is 8.28. The van der Waals surface area contributed by atoms with Crippen LogP contribution < -0.4 is 5.32 Å². The van der Waals surface area contributed by atoms with E-state index in [4.69, 9.17) is 4.74 Å². The Hall–Kier alpha value is -2.12. The molecular formula is C20H20BrNO4S. The fraction of sp³-hybridized carbons (Fsp3) is 0.250. The fourth-order valence-electron chi connectivity index (χ4n) is 2.26. The van der Waals surface area contributed by atoms with Crippen LogP contribution in [0.15, 0.2) is 51.8 Å². The lowest BCUT2D eigenvalue weighted by Crippen LogP contribution is -2.21. The minimum absolute atomic E-state index is 0.0442. The van der Waals surface area contributed by atoms with Crippen LogP contribution in [0.2, 0.25) is 0 Å². The Balaban J connectivity index is 1.74. The molecule has 0 heterocycles. The molecule has 0 saturated heterocycles. The number of benzene rings is 2. The number of esters is 1. The normalized spacial score (nSPS) is 10.3. The quantitative estimate of drug-likeness (QED) is 0.361. The second kappa shape index (κ2) is 10.3. The van der Waals surface area contributed by atoms with Crippen molar-refractivity contribution in [2.75, 3.05) is 18.2 Å². The van der Waals surface area contributed by atoms with E-state index in [2.05, 4.69) is 21.2 Å². The molecule has 0 aliphatic rings. The molecule has 0 spiro atoms. The summed E-state index contributed by atoms with van der Waals surface area (Å²) in [5, 5.41) is 2.66. The van der Waals surface area contributed by atoms with Gasteiger partial charge in [0.05, 0.1) is 12.1 Å². The molecule has 7 heteroatoms. The van der Waals surface area contributed by atoms with Gasteiger partial charge in [0, 0.05) is 21.4 Å². The van der Waals surface area contributed by atoms with Crippen molar-refractivity contribution >= 4 is 51.0 Å². The first-order valence-corrected chi connectivity index (χ1v) is 10.3. The minimum atomic E-state index is -0.581. The largest absolute Gasteiger partial charge is 0.456 e. The molecule has 2 aromatic rings. The summed E-state index contributed by atoms with van der Waals surface area (Å²) >= 11 is 4.96. The Labute approximate surface area is 171 Å². The van der Waals surface area contributed by atoms with Crippen molar-refractivity contribution in [2.24, 2.45) is 0 Å². The minimum Gasteiger partial charge on any atom is -0.456 e. The number of ketones is 1. The van der Waals surface area contributed by atoms with Crippen molar-refractivity contribution in [2.45, 2.75) is 24.7 Å². The summed E-state index contributed by atoms with van der Waals surface area (Å²) in [7, 11) is 0. The molecule has 142 valence electrons. The van der Waals surface area contributed by atoms with E-state index in [1.54, 1.807) is 30.0 Å². The zero-order chi connectivity index (χ0) is 19.8. The Morgan fingerprint density at radius 2 is 1.78 bits per heavy atom. The standard InChI is InChI=1S/C20H20BrNO4S/c1-13-3-8-17(16(21)11-13)22-19(24)12-26-20(25)10-9-18(23)14-4-6-15(27-2)7-5-14/h3-8,11H,9-10,12H2,1-2H3,(H,22,24). The SMILES string of the molecule is CSc1ccc(C(=O)CCC(=O)OCC(=O)Nc2ccc(C)cc2Br)cc1. The molecule has 0 fully saturated rings. The number of amides is 1. The Morgan fingerprint density at radius 1 is 1.07 bits per heavy atom. The van der Waals surface area contributed by atoms with E-state index in [1.165, 1.54) is 0 Å². The second-order valence-electron chi connectivity index (χ2n) is 5.84. The third-order valence-electron chi connectivity index (χ3n) is 3.73. The number of ether oxygens (including phenoxy) is 1. The molecule has 0 aromatic heterocycles. The van der Waals surface area contributed by atoms with Crippen LogP contribution in [-0.4, -0.2) is 30.5 Å². The van der Waals surface area contributed by atoms with Crippen molar-refractivity contribution in [1.82, 2.24) is 0 Å². The number of carbonyl (C=O) groups excluding carboxylic acids is 3. The van der Waals surface area contributed by atoms with Gasteiger partial charge in [-0.2, -0.15) is 0 Å². The Bertz CT molecular complexity index is 836. The molecule has 0 aliphatic carbocycles. The molecule has 0 aliphatic heterocycles. The molecule has 1 amide bonds. The van der Waals surface area contributed by atoms with Gasteiger partial charge in [-0.25, -0.2) is 0 Å². The average Bonchev–Trinajstić information content (AvgIpc) is 2.66. The highest BCUT2D eigenvalue weighted by atomic mass is 79.9. The average molecular weight is 450 g/mol. The number of Topliss-reactive ketones (excluding diaryl/α,β-unsaturated/α-hetero) is 1. The molecule has 0 radical (unpaired) electrons. The number of rotatable bonds is 8. The highest BCUT2D eigenvalue weighted by Crippen LogP contribution is 2.23. The van der Waals surface area contributed by atoms with Gasteiger partial charge in [-0.1, -0.05) is 18.2 Å². The van der Waals surface area contributed by atoms with Crippen LogP contribution in [0.3, 0.4) is 0 Å². The number of aryl methyl sites for hydroxylation is 1. The number of thioether (sulfide) groups is 1. The van der Waals surface area contributed by atoms with Crippen molar-refractivity contribution in [3.63, 3.8) is 0 Å². The van der Waals surface area contributed by atoms with E-state index in [9.17, 15) is 14.4 Å². The monoisotopic (exact) mass is 449 g/mol. The van der Waals surface area contributed by atoms with E-state index < -0.39 is 18.5 Å². The predicted octanol–water partition coefficient (Wildman–Crippen LogP) is 4.62. The highest BCUT2D eigenvalue weighted by Gasteiger charge is 2.13. The summed E-state index contributed by atoms with van der Waals surface area (Å²) in [5.41, 5.74) is 2.21. The van der Waals surface area contributed by atoms with Gasteiger partial charge in [0.1, 0.15) is 0 Å². The first-order chi connectivity index (χ1) is 12.9. The molecule has 27 heavy (non-hydrogen) atoms. The number of hydrogen-bond donors (Lipinski definition) is 1.